The Hall–Kier alpha value is -3.91. The van der Waals surface area contributed by atoms with Gasteiger partial charge in [0.05, 0.1) is 6.26 Å². The summed E-state index contributed by atoms with van der Waals surface area (Å²) in [6.45, 7) is 1.02. The van der Waals surface area contributed by atoms with Gasteiger partial charge in [-0.25, -0.2) is 9.78 Å². The van der Waals surface area contributed by atoms with Crippen LogP contribution in [0.3, 0.4) is 0 Å². The summed E-state index contributed by atoms with van der Waals surface area (Å²) >= 11 is 1.39. The maximum absolute atomic E-state index is 13.0. The number of thiazole rings is 1. The van der Waals surface area contributed by atoms with Crippen LogP contribution in [-0.2, 0) is 13.0 Å². The molecule has 5 rings (SSSR count). The topological polar surface area (TPSA) is 87.5 Å². The first-order chi connectivity index (χ1) is 15.7. The maximum Gasteiger partial charge on any atom is 0.323 e. The Morgan fingerprint density at radius 3 is 2.69 bits per heavy atom. The average Bonchev–Trinajstić information content (AvgIpc) is 3.51. The lowest BCUT2D eigenvalue weighted by Gasteiger charge is -2.29. The summed E-state index contributed by atoms with van der Waals surface area (Å²) in [5, 5.41) is 8.22. The van der Waals surface area contributed by atoms with Crippen LogP contribution in [0.1, 0.15) is 21.6 Å². The van der Waals surface area contributed by atoms with Gasteiger partial charge in [0, 0.05) is 29.8 Å². The van der Waals surface area contributed by atoms with Crippen LogP contribution < -0.4 is 10.6 Å². The first-order valence-electron chi connectivity index (χ1n) is 10.2. The second-order valence-corrected chi connectivity index (χ2v) is 8.24. The Kier molecular flexibility index (Phi) is 5.43. The zero-order valence-corrected chi connectivity index (χ0v) is 17.9. The van der Waals surface area contributed by atoms with E-state index < -0.39 is 0 Å². The molecule has 4 aromatic rings. The van der Waals surface area contributed by atoms with Crippen LogP contribution in [0.4, 0.5) is 16.2 Å². The summed E-state index contributed by atoms with van der Waals surface area (Å²) in [5.41, 5.74) is 3.97. The highest BCUT2D eigenvalue weighted by Crippen LogP contribution is 2.29. The Bertz CT molecular complexity index is 1250. The van der Waals surface area contributed by atoms with E-state index in [2.05, 4.69) is 15.6 Å². The monoisotopic (exact) mass is 444 g/mol. The van der Waals surface area contributed by atoms with Crippen molar-refractivity contribution >= 4 is 34.6 Å². The molecule has 3 amide bonds. The van der Waals surface area contributed by atoms with E-state index in [1.807, 2.05) is 54.6 Å². The third-order valence-electron chi connectivity index (χ3n) is 5.29. The van der Waals surface area contributed by atoms with Crippen LogP contribution in [0, 0.1) is 0 Å². The fraction of sp³-hybridized carbons (Fsp3) is 0.125. The molecular formula is C24H20N4O3S. The summed E-state index contributed by atoms with van der Waals surface area (Å²) in [5.74, 6) is 0.549. The number of fused-ring (bicyclic) bond motifs is 1. The van der Waals surface area contributed by atoms with Gasteiger partial charge in [-0.2, -0.15) is 0 Å². The van der Waals surface area contributed by atoms with E-state index in [9.17, 15) is 9.59 Å². The van der Waals surface area contributed by atoms with Crippen LogP contribution in [0.5, 0.6) is 0 Å². The highest BCUT2D eigenvalue weighted by atomic mass is 32.1. The van der Waals surface area contributed by atoms with Crippen molar-refractivity contribution < 1.29 is 14.0 Å². The highest BCUT2D eigenvalue weighted by molar-refractivity contribution is 7.13. The van der Waals surface area contributed by atoms with Gasteiger partial charge >= 0.3 is 6.03 Å². The van der Waals surface area contributed by atoms with Crippen molar-refractivity contribution in [1.82, 2.24) is 9.88 Å². The smallest absolute Gasteiger partial charge is 0.323 e. The third-order valence-corrected chi connectivity index (χ3v) is 6.15. The average molecular weight is 445 g/mol. The fourth-order valence-corrected chi connectivity index (χ4v) is 4.51. The summed E-state index contributed by atoms with van der Waals surface area (Å²) in [6, 6.07) is 18.4. The SMILES string of the molecule is O=C(Nc1ccccc1)Nc1cccc2c1CCN(C(=O)c1csc(-c3ccco3)n1)C2. The lowest BCUT2D eigenvalue weighted by atomic mass is 9.97. The van der Waals surface area contributed by atoms with Gasteiger partial charge in [-0.05, 0) is 47.9 Å². The van der Waals surface area contributed by atoms with Gasteiger partial charge in [-0.1, -0.05) is 30.3 Å². The van der Waals surface area contributed by atoms with E-state index in [1.54, 1.807) is 22.6 Å². The minimum atomic E-state index is -0.295. The second kappa shape index (κ2) is 8.68. The van der Waals surface area contributed by atoms with E-state index in [4.69, 9.17) is 4.42 Å². The van der Waals surface area contributed by atoms with Gasteiger partial charge in [0.25, 0.3) is 5.91 Å². The zero-order chi connectivity index (χ0) is 21.9. The molecule has 32 heavy (non-hydrogen) atoms. The van der Waals surface area contributed by atoms with Crippen molar-refractivity contribution in [3.8, 4) is 10.8 Å². The Labute approximate surface area is 188 Å². The maximum atomic E-state index is 13.0. The molecule has 1 aliphatic rings. The van der Waals surface area contributed by atoms with Crippen molar-refractivity contribution in [3.05, 3.63) is 89.1 Å². The number of amides is 3. The molecule has 0 bridgehead atoms. The number of carbonyl (C=O) groups is 2. The standard InChI is InChI=1S/C24H20N4O3S/c29-23(20-15-32-22(26-20)21-10-5-13-31-21)28-12-11-18-16(14-28)6-4-9-19(18)27-24(30)25-17-7-2-1-3-8-17/h1-10,13,15H,11-12,14H2,(H2,25,27,30). The first-order valence-corrected chi connectivity index (χ1v) is 11.1. The molecule has 160 valence electrons. The molecule has 1 aliphatic heterocycles. The molecule has 0 fully saturated rings. The van der Waals surface area contributed by atoms with Gasteiger partial charge in [0.1, 0.15) is 5.69 Å². The molecule has 0 spiro atoms. The minimum Gasteiger partial charge on any atom is -0.462 e. The number of para-hydroxylation sites is 1. The van der Waals surface area contributed by atoms with E-state index in [-0.39, 0.29) is 11.9 Å². The van der Waals surface area contributed by atoms with Gasteiger partial charge in [0.15, 0.2) is 10.8 Å². The molecule has 0 aliphatic carbocycles. The molecule has 0 radical (unpaired) electrons. The summed E-state index contributed by atoms with van der Waals surface area (Å²) in [4.78, 5) is 31.7. The normalized spacial score (nSPS) is 12.8. The molecule has 7 nitrogen and oxygen atoms in total. The number of nitrogens with one attached hydrogen (secondary N) is 2. The third kappa shape index (κ3) is 4.13. The molecule has 8 heteroatoms. The van der Waals surface area contributed by atoms with Gasteiger partial charge in [-0.15, -0.1) is 11.3 Å². The lowest BCUT2D eigenvalue weighted by Crippen LogP contribution is -2.36. The molecule has 0 atom stereocenters. The van der Waals surface area contributed by atoms with Crippen LogP contribution in [0.15, 0.2) is 76.7 Å². The molecule has 0 unspecified atom stereocenters. The predicted molar refractivity (Wildman–Crippen MR) is 124 cm³/mol. The summed E-state index contributed by atoms with van der Waals surface area (Å²) in [7, 11) is 0. The first kappa shape index (κ1) is 20.0. The van der Waals surface area contributed by atoms with E-state index in [0.29, 0.717) is 36.0 Å². The van der Waals surface area contributed by atoms with Crippen molar-refractivity contribution in [2.45, 2.75) is 13.0 Å². The van der Waals surface area contributed by atoms with Crippen molar-refractivity contribution in [1.29, 1.82) is 0 Å². The Balaban J connectivity index is 1.28. The Morgan fingerprint density at radius 1 is 1.00 bits per heavy atom. The van der Waals surface area contributed by atoms with Crippen LogP contribution >= 0.6 is 11.3 Å². The fourth-order valence-electron chi connectivity index (χ4n) is 3.75. The number of furan rings is 1. The number of rotatable bonds is 4. The van der Waals surface area contributed by atoms with Crippen molar-refractivity contribution in [2.24, 2.45) is 0 Å². The number of benzene rings is 2. The largest absolute Gasteiger partial charge is 0.462 e. The summed E-state index contributed by atoms with van der Waals surface area (Å²) < 4.78 is 5.37. The molecule has 2 aromatic heterocycles. The molecule has 0 saturated heterocycles. The van der Waals surface area contributed by atoms with E-state index >= 15 is 0 Å². The predicted octanol–water partition coefficient (Wildman–Crippen LogP) is 5.25. The number of aromatic nitrogens is 1. The quantitative estimate of drug-likeness (QED) is 0.450. The number of anilines is 2. The van der Waals surface area contributed by atoms with Gasteiger partial charge in [0.2, 0.25) is 0 Å². The lowest BCUT2D eigenvalue weighted by molar-refractivity contribution is 0.0729. The van der Waals surface area contributed by atoms with Crippen molar-refractivity contribution in [2.75, 3.05) is 17.2 Å². The van der Waals surface area contributed by atoms with Crippen molar-refractivity contribution in [3.63, 3.8) is 0 Å². The van der Waals surface area contributed by atoms with Crippen LogP contribution in [0.25, 0.3) is 10.8 Å². The number of hydrogen-bond acceptors (Lipinski definition) is 5. The zero-order valence-electron chi connectivity index (χ0n) is 17.1. The number of urea groups is 1. The number of hydrogen-bond donors (Lipinski definition) is 2. The van der Waals surface area contributed by atoms with Gasteiger partial charge < -0.3 is 20.0 Å². The molecule has 2 N–H and O–H groups in total. The van der Waals surface area contributed by atoms with Gasteiger partial charge in [-0.3, -0.25) is 4.79 Å². The molecule has 3 heterocycles. The summed E-state index contributed by atoms with van der Waals surface area (Å²) in [6.07, 6.45) is 2.24. The number of nitrogens with zero attached hydrogens (tertiary/aromatic N) is 2. The second-order valence-electron chi connectivity index (χ2n) is 7.38. The van der Waals surface area contributed by atoms with Crippen LogP contribution in [-0.4, -0.2) is 28.4 Å². The molecule has 0 saturated carbocycles. The number of carbonyl (C=O) groups excluding carboxylic acids is 2. The highest BCUT2D eigenvalue weighted by Gasteiger charge is 2.25. The van der Waals surface area contributed by atoms with E-state index in [0.717, 1.165) is 22.5 Å². The molecule has 2 aromatic carbocycles. The minimum absolute atomic E-state index is 0.107. The van der Waals surface area contributed by atoms with E-state index in [1.165, 1.54) is 11.3 Å². The molecular weight excluding hydrogens is 424 g/mol. The Morgan fingerprint density at radius 2 is 1.88 bits per heavy atom. The van der Waals surface area contributed by atoms with Crippen LogP contribution in [0.2, 0.25) is 0 Å².